The minimum absolute atomic E-state index is 0.202. The van der Waals surface area contributed by atoms with E-state index in [0.717, 1.165) is 62.4 Å². The molecule has 36 heavy (non-hydrogen) atoms. The summed E-state index contributed by atoms with van der Waals surface area (Å²) < 4.78 is 39.7. The summed E-state index contributed by atoms with van der Waals surface area (Å²) in [7, 11) is -3.16. The van der Waals surface area contributed by atoms with E-state index in [9.17, 15) is 12.8 Å². The number of rotatable bonds is 7. The second-order valence-electron chi connectivity index (χ2n) is 11.0. The van der Waals surface area contributed by atoms with Gasteiger partial charge in [0, 0.05) is 55.7 Å². The number of nitrogens with one attached hydrogen (secondary N) is 1. The zero-order valence-electron chi connectivity index (χ0n) is 21.5. The fourth-order valence-electron chi connectivity index (χ4n) is 6.91. The van der Waals surface area contributed by atoms with E-state index in [4.69, 9.17) is 0 Å². The molecule has 0 spiro atoms. The van der Waals surface area contributed by atoms with Gasteiger partial charge < -0.3 is 10.2 Å². The van der Waals surface area contributed by atoms with Crippen molar-refractivity contribution in [2.24, 2.45) is 17.8 Å². The molecule has 0 amide bonds. The van der Waals surface area contributed by atoms with Crippen LogP contribution < -0.4 is 5.32 Å². The molecule has 7 nitrogen and oxygen atoms in total. The molecule has 0 saturated carbocycles. The van der Waals surface area contributed by atoms with Gasteiger partial charge in [-0.25, -0.2) is 27.1 Å². The second kappa shape index (κ2) is 10.4. The van der Waals surface area contributed by atoms with Gasteiger partial charge in [-0.05, 0) is 81.0 Å². The molecule has 3 aliphatic heterocycles. The highest BCUT2D eigenvalue weighted by atomic mass is 32.2. The summed E-state index contributed by atoms with van der Waals surface area (Å²) in [5.74, 6) is 1.53. The molecule has 1 aromatic carbocycles. The van der Waals surface area contributed by atoms with Gasteiger partial charge in [0.05, 0.1) is 6.26 Å². The Kier molecular flexibility index (Phi) is 7.45. The molecule has 0 aliphatic carbocycles. The Balaban J connectivity index is 1.27. The van der Waals surface area contributed by atoms with Gasteiger partial charge in [-0.3, -0.25) is 0 Å². The van der Waals surface area contributed by atoms with Crippen molar-refractivity contribution in [3.8, 4) is 0 Å². The van der Waals surface area contributed by atoms with Crippen molar-refractivity contribution in [1.82, 2.24) is 24.5 Å². The van der Waals surface area contributed by atoms with Crippen LogP contribution in [0.3, 0.4) is 0 Å². The SMILES string of the molecule is Cc1ncnc(C)c1C1NCC2CN(CC[C@@H](c3cccc(F)c3)C3CCN(S(C)(=O)=O)CC3)CC21. The van der Waals surface area contributed by atoms with Crippen LogP contribution in [0.2, 0.25) is 0 Å². The molecule has 1 aromatic heterocycles. The highest BCUT2D eigenvalue weighted by Gasteiger charge is 2.44. The first-order valence-corrected chi connectivity index (χ1v) is 15.0. The van der Waals surface area contributed by atoms with Crippen molar-refractivity contribution in [3.05, 3.63) is 58.9 Å². The molecule has 3 saturated heterocycles. The van der Waals surface area contributed by atoms with Gasteiger partial charge in [-0.15, -0.1) is 0 Å². The van der Waals surface area contributed by atoms with E-state index in [2.05, 4.69) is 34.0 Å². The molecule has 4 heterocycles. The minimum Gasteiger partial charge on any atom is -0.309 e. The Hall–Kier alpha value is -1.94. The van der Waals surface area contributed by atoms with E-state index in [1.807, 2.05) is 6.07 Å². The van der Waals surface area contributed by atoms with Crippen molar-refractivity contribution in [2.45, 2.75) is 45.1 Å². The van der Waals surface area contributed by atoms with Gasteiger partial charge in [0.1, 0.15) is 12.1 Å². The summed E-state index contributed by atoms with van der Waals surface area (Å²) in [6.07, 6.45) is 5.52. The first-order chi connectivity index (χ1) is 17.2. The predicted molar refractivity (Wildman–Crippen MR) is 139 cm³/mol. The third-order valence-electron chi connectivity index (χ3n) is 8.76. The largest absolute Gasteiger partial charge is 0.309 e. The number of piperidine rings is 1. The van der Waals surface area contributed by atoms with E-state index in [1.54, 1.807) is 22.8 Å². The number of hydrogen-bond acceptors (Lipinski definition) is 6. The van der Waals surface area contributed by atoms with Crippen LogP contribution in [0.1, 0.15) is 53.7 Å². The highest BCUT2D eigenvalue weighted by molar-refractivity contribution is 7.88. The number of hydrogen-bond donors (Lipinski definition) is 1. The standard InChI is InChI=1S/C27H38FN5O2S/c1-18-26(19(2)31-17-30-18)27-25-16-32(15-22(25)14-29-27)10-9-24(21-5-4-6-23(28)13-21)20-7-11-33(12-8-20)36(3,34)35/h4-6,13,17,20,22,24-25,27,29H,7-12,14-16H2,1-3H3/t22?,24-,25?,27?/m1/s1. The number of nitrogens with zero attached hydrogens (tertiary/aromatic N) is 4. The number of sulfonamides is 1. The summed E-state index contributed by atoms with van der Waals surface area (Å²) in [5.41, 5.74) is 4.41. The monoisotopic (exact) mass is 515 g/mol. The Morgan fingerprint density at radius 1 is 1.14 bits per heavy atom. The Morgan fingerprint density at radius 3 is 2.53 bits per heavy atom. The maximum Gasteiger partial charge on any atom is 0.211 e. The van der Waals surface area contributed by atoms with E-state index >= 15 is 0 Å². The topological polar surface area (TPSA) is 78.4 Å². The molecule has 0 bridgehead atoms. The molecule has 4 atom stereocenters. The third-order valence-corrected chi connectivity index (χ3v) is 10.1. The molecule has 0 radical (unpaired) electrons. The van der Waals surface area contributed by atoms with Crippen LogP contribution in [0.25, 0.3) is 0 Å². The summed E-state index contributed by atoms with van der Waals surface area (Å²) in [4.78, 5) is 11.5. The highest BCUT2D eigenvalue weighted by Crippen LogP contribution is 2.42. The first kappa shape index (κ1) is 25.7. The summed E-state index contributed by atoms with van der Waals surface area (Å²) in [6, 6.07) is 7.30. The lowest BCUT2D eigenvalue weighted by atomic mass is 9.78. The molecule has 2 aromatic rings. The van der Waals surface area contributed by atoms with Gasteiger partial charge in [0.15, 0.2) is 0 Å². The van der Waals surface area contributed by atoms with E-state index < -0.39 is 10.0 Å². The Labute approximate surface area is 214 Å². The molecular weight excluding hydrogens is 477 g/mol. The predicted octanol–water partition coefficient (Wildman–Crippen LogP) is 3.27. The van der Waals surface area contributed by atoms with Crippen molar-refractivity contribution in [2.75, 3.05) is 45.5 Å². The maximum atomic E-state index is 14.2. The average Bonchev–Trinajstić information content (AvgIpc) is 3.40. The van der Waals surface area contributed by atoms with Gasteiger partial charge in [-0.1, -0.05) is 12.1 Å². The number of halogens is 1. The minimum atomic E-state index is -3.16. The number of aryl methyl sites for hydroxylation is 2. The molecular formula is C27H38FN5O2S. The summed E-state index contributed by atoms with van der Waals surface area (Å²) in [6.45, 7) is 9.34. The van der Waals surface area contributed by atoms with Crippen molar-refractivity contribution < 1.29 is 12.8 Å². The van der Waals surface area contributed by atoms with Crippen LogP contribution in [-0.2, 0) is 10.0 Å². The normalized spacial score (nSPS) is 26.8. The molecule has 3 unspecified atom stereocenters. The Morgan fingerprint density at radius 2 is 1.86 bits per heavy atom. The number of benzene rings is 1. The fourth-order valence-corrected chi connectivity index (χ4v) is 7.78. The lowest BCUT2D eigenvalue weighted by Gasteiger charge is -2.36. The number of aromatic nitrogens is 2. The number of fused-ring (bicyclic) bond motifs is 1. The average molecular weight is 516 g/mol. The molecule has 9 heteroatoms. The lowest BCUT2D eigenvalue weighted by molar-refractivity contribution is 0.218. The second-order valence-corrected chi connectivity index (χ2v) is 13.0. The van der Waals surface area contributed by atoms with Gasteiger partial charge in [0.2, 0.25) is 10.0 Å². The molecule has 196 valence electrons. The molecule has 5 rings (SSSR count). The van der Waals surface area contributed by atoms with Crippen LogP contribution in [0.5, 0.6) is 0 Å². The van der Waals surface area contributed by atoms with E-state index in [1.165, 1.54) is 17.9 Å². The maximum absolute atomic E-state index is 14.2. The van der Waals surface area contributed by atoms with Crippen molar-refractivity contribution >= 4 is 10.0 Å². The van der Waals surface area contributed by atoms with Gasteiger partial charge in [-0.2, -0.15) is 0 Å². The summed E-state index contributed by atoms with van der Waals surface area (Å²) >= 11 is 0. The first-order valence-electron chi connectivity index (χ1n) is 13.1. The smallest absolute Gasteiger partial charge is 0.211 e. The number of likely N-dealkylation sites (tertiary alicyclic amines) is 1. The molecule has 3 aliphatic rings. The zero-order valence-corrected chi connectivity index (χ0v) is 22.3. The quantitative estimate of drug-likeness (QED) is 0.610. The lowest BCUT2D eigenvalue weighted by Crippen LogP contribution is -2.39. The van der Waals surface area contributed by atoms with E-state index in [-0.39, 0.29) is 11.7 Å². The van der Waals surface area contributed by atoms with Crippen molar-refractivity contribution in [1.29, 1.82) is 0 Å². The van der Waals surface area contributed by atoms with Crippen LogP contribution in [0, 0.1) is 37.4 Å². The molecule has 3 fully saturated rings. The van der Waals surface area contributed by atoms with Gasteiger partial charge in [0.25, 0.3) is 0 Å². The van der Waals surface area contributed by atoms with Crippen LogP contribution in [0.15, 0.2) is 30.6 Å². The summed E-state index contributed by atoms with van der Waals surface area (Å²) in [5, 5.41) is 3.74. The zero-order chi connectivity index (χ0) is 25.4. The van der Waals surface area contributed by atoms with Crippen molar-refractivity contribution in [3.63, 3.8) is 0 Å². The fraction of sp³-hybridized carbons (Fsp3) is 0.630. The van der Waals surface area contributed by atoms with Gasteiger partial charge >= 0.3 is 0 Å². The van der Waals surface area contributed by atoms with Crippen LogP contribution >= 0.6 is 0 Å². The van der Waals surface area contributed by atoms with Crippen LogP contribution in [-0.4, -0.2) is 73.1 Å². The Bertz CT molecular complexity index is 1160. The molecule has 1 N–H and O–H groups in total. The third kappa shape index (κ3) is 5.35. The van der Waals surface area contributed by atoms with E-state index in [0.29, 0.717) is 36.9 Å². The van der Waals surface area contributed by atoms with Crippen LogP contribution in [0.4, 0.5) is 4.39 Å².